The summed E-state index contributed by atoms with van der Waals surface area (Å²) in [6.07, 6.45) is -20.4. The number of hydrogen-bond acceptors (Lipinski definition) is 7. The lowest BCUT2D eigenvalue weighted by molar-refractivity contribution is -0.221. The van der Waals surface area contributed by atoms with E-state index in [2.05, 4.69) is 36.6 Å². The molecule has 0 N–H and O–H groups in total. The molecule has 2 unspecified atom stereocenters. The summed E-state index contributed by atoms with van der Waals surface area (Å²) in [4.78, 5) is 45.0. The molecule has 4 aromatic carbocycles. The van der Waals surface area contributed by atoms with Gasteiger partial charge in [-0.3, -0.25) is 9.59 Å². The zero-order valence-electron chi connectivity index (χ0n) is 32.1. The van der Waals surface area contributed by atoms with Crippen molar-refractivity contribution in [3.05, 3.63) is 127 Å². The van der Waals surface area contributed by atoms with Gasteiger partial charge in [0.25, 0.3) is 0 Å². The van der Waals surface area contributed by atoms with E-state index in [0.29, 0.717) is 46.6 Å². The third-order valence-electron chi connectivity index (χ3n) is 9.18. The molecule has 2 aliphatic heterocycles. The predicted octanol–water partition coefficient (Wildman–Crippen LogP) is 10.2. The molecule has 0 radical (unpaired) electrons. The van der Waals surface area contributed by atoms with Crippen LogP contribution in [0.3, 0.4) is 0 Å². The van der Waals surface area contributed by atoms with Crippen LogP contribution in [0, 0.1) is 0 Å². The van der Waals surface area contributed by atoms with Crippen molar-refractivity contribution >= 4 is 55.6 Å². The maximum Gasteiger partial charge on any atom is 0.491 e. The minimum absolute atomic E-state index is 0.000752. The highest BCUT2D eigenvalue weighted by molar-refractivity contribution is 9.10. The Balaban J connectivity index is 0.000000219. The third-order valence-corrected chi connectivity index (χ3v) is 10.2. The number of ether oxygens (including phenoxy) is 3. The first-order valence-electron chi connectivity index (χ1n) is 17.7. The number of fused-ring (bicyclic) bond motifs is 2. The molecule has 340 valence electrons. The van der Waals surface area contributed by atoms with Crippen molar-refractivity contribution < 1.29 is 86.1 Å². The van der Waals surface area contributed by atoms with Gasteiger partial charge < -0.3 is 24.0 Å². The van der Waals surface area contributed by atoms with E-state index in [1.54, 1.807) is 72.8 Å². The van der Waals surface area contributed by atoms with E-state index in [0.717, 1.165) is 29.9 Å². The van der Waals surface area contributed by atoms with Crippen LogP contribution in [-0.2, 0) is 36.8 Å². The van der Waals surface area contributed by atoms with Gasteiger partial charge in [-0.05, 0) is 94.8 Å². The first-order chi connectivity index (χ1) is 29.2. The molecule has 2 aliphatic rings. The summed E-state index contributed by atoms with van der Waals surface area (Å²) in [6.45, 7) is -0.00150. The SMILES string of the molecule is COc1ccc2c(c1)CCN(C(=O)C(F)(F)F)C2c1ccc(Br)cc1.COc1ccc2c(c1)CCN(C(=O)C(F)(F)F)C2c1ccc(Br)cc1.O=C(OC(=O)C(F)(F)F)C(F)(F)F. The lowest BCUT2D eigenvalue weighted by Gasteiger charge is -2.38. The number of amides is 2. The van der Waals surface area contributed by atoms with Crippen LogP contribution in [0.25, 0.3) is 0 Å². The minimum Gasteiger partial charge on any atom is -0.497 e. The van der Waals surface area contributed by atoms with E-state index in [1.165, 1.54) is 14.2 Å². The van der Waals surface area contributed by atoms with Gasteiger partial charge in [-0.15, -0.1) is 0 Å². The average Bonchev–Trinajstić information content (AvgIpc) is 3.21. The van der Waals surface area contributed by atoms with E-state index in [1.807, 2.05) is 12.1 Å². The Labute approximate surface area is 366 Å². The van der Waals surface area contributed by atoms with Gasteiger partial charge in [-0.25, -0.2) is 9.59 Å². The van der Waals surface area contributed by atoms with E-state index >= 15 is 0 Å². The number of nitrogens with zero attached hydrogens (tertiary/aromatic N) is 2. The van der Waals surface area contributed by atoms with Gasteiger partial charge in [0.15, 0.2) is 0 Å². The van der Waals surface area contributed by atoms with E-state index in [9.17, 15) is 71.9 Å². The van der Waals surface area contributed by atoms with E-state index < -0.39 is 60.5 Å². The zero-order chi connectivity index (χ0) is 47.2. The summed E-state index contributed by atoms with van der Waals surface area (Å²) in [6, 6.07) is 22.9. The number of esters is 2. The molecule has 2 atom stereocenters. The first-order valence-corrected chi connectivity index (χ1v) is 19.3. The van der Waals surface area contributed by atoms with Crippen molar-refractivity contribution in [2.75, 3.05) is 27.3 Å². The molecule has 4 aromatic rings. The molecule has 2 amide bonds. The van der Waals surface area contributed by atoms with Crippen LogP contribution in [-0.4, -0.2) is 85.6 Å². The van der Waals surface area contributed by atoms with Gasteiger partial charge in [0, 0.05) is 22.0 Å². The Hall–Kier alpha value is -5.32. The van der Waals surface area contributed by atoms with Crippen molar-refractivity contribution in [3.63, 3.8) is 0 Å². The van der Waals surface area contributed by atoms with E-state index in [-0.39, 0.29) is 13.1 Å². The van der Waals surface area contributed by atoms with Gasteiger partial charge >= 0.3 is 48.5 Å². The third kappa shape index (κ3) is 12.9. The molecule has 23 heteroatoms. The van der Waals surface area contributed by atoms with Gasteiger partial charge in [0.2, 0.25) is 0 Å². The number of halogens is 14. The Bertz CT molecular complexity index is 2120. The molecule has 2 heterocycles. The van der Waals surface area contributed by atoms with Crippen molar-refractivity contribution in [1.29, 1.82) is 0 Å². The highest BCUT2D eigenvalue weighted by Crippen LogP contribution is 2.41. The fraction of sp³-hybridized carbons (Fsp3) is 0.300. The first kappa shape index (κ1) is 50.3. The molecule has 0 fully saturated rings. The number of alkyl halides is 12. The highest BCUT2D eigenvalue weighted by atomic mass is 79.9. The second-order valence-corrected chi connectivity index (χ2v) is 15.0. The summed E-state index contributed by atoms with van der Waals surface area (Å²) in [5.74, 6) is -8.75. The van der Waals surface area contributed by atoms with Crippen molar-refractivity contribution in [2.45, 2.75) is 49.6 Å². The van der Waals surface area contributed by atoms with Gasteiger partial charge in [-0.1, -0.05) is 68.3 Å². The van der Waals surface area contributed by atoms with Gasteiger partial charge in [0.05, 0.1) is 26.3 Å². The van der Waals surface area contributed by atoms with Gasteiger partial charge in [-0.2, -0.15) is 52.7 Å². The summed E-state index contributed by atoms with van der Waals surface area (Å²) < 4.78 is 160. The topological polar surface area (TPSA) is 102 Å². The molecule has 63 heavy (non-hydrogen) atoms. The Morgan fingerprint density at radius 1 is 0.508 bits per heavy atom. The second kappa shape index (κ2) is 20.0. The molecule has 0 bridgehead atoms. The maximum atomic E-state index is 13.1. The molecule has 6 rings (SSSR count). The molecule has 0 saturated carbocycles. The second-order valence-electron chi connectivity index (χ2n) is 13.2. The number of benzene rings is 4. The normalized spacial score (nSPS) is 16.2. The number of hydrogen-bond donors (Lipinski definition) is 0. The van der Waals surface area contributed by atoms with Crippen LogP contribution < -0.4 is 9.47 Å². The molecular weight excluding hydrogens is 1010 g/mol. The van der Waals surface area contributed by atoms with Crippen molar-refractivity contribution in [2.24, 2.45) is 0 Å². The monoisotopic (exact) mass is 1040 g/mol. The quantitative estimate of drug-likeness (QED) is 0.114. The van der Waals surface area contributed by atoms with Gasteiger partial charge in [0.1, 0.15) is 11.5 Å². The molecule has 0 spiro atoms. The Morgan fingerprint density at radius 3 is 1.10 bits per heavy atom. The lowest BCUT2D eigenvalue weighted by atomic mass is 9.88. The fourth-order valence-electron chi connectivity index (χ4n) is 6.43. The Kier molecular flexibility index (Phi) is 16.0. The molecule has 0 aromatic heterocycles. The lowest BCUT2D eigenvalue weighted by Crippen LogP contribution is -2.46. The molecule has 0 saturated heterocycles. The molecule has 0 aliphatic carbocycles. The highest BCUT2D eigenvalue weighted by Gasteiger charge is 2.50. The molecular formula is C40H30Br2F12N2O7. The fourth-order valence-corrected chi connectivity index (χ4v) is 6.96. The van der Waals surface area contributed by atoms with Crippen LogP contribution in [0.2, 0.25) is 0 Å². The zero-order valence-corrected chi connectivity index (χ0v) is 35.3. The average molecular weight is 1040 g/mol. The summed E-state index contributed by atoms with van der Waals surface area (Å²) >= 11 is 6.64. The van der Waals surface area contributed by atoms with Crippen LogP contribution in [0.5, 0.6) is 11.5 Å². The number of methoxy groups -OCH3 is 2. The summed E-state index contributed by atoms with van der Waals surface area (Å²) in [5.41, 5.74) is 4.41. The minimum atomic E-state index is -5.62. The summed E-state index contributed by atoms with van der Waals surface area (Å²) in [5, 5.41) is 0. The number of carbonyl (C=O) groups is 4. The summed E-state index contributed by atoms with van der Waals surface area (Å²) in [7, 11) is 3.08. The van der Waals surface area contributed by atoms with Crippen LogP contribution in [0.1, 0.15) is 45.5 Å². The standard InChI is InChI=1S/2C18H15BrF3NO2.C4F6O3/c2*1-25-14-6-7-15-12(10-14)8-9-23(17(24)18(20,21)22)16(15)11-2-4-13(19)5-3-11;5-3(6,7)1(11)13-2(12)4(8,9)10/h2*2-7,10,16H,8-9H2,1H3;. The van der Waals surface area contributed by atoms with Crippen LogP contribution in [0.4, 0.5) is 52.7 Å². The number of rotatable bonds is 4. The Morgan fingerprint density at radius 2 is 0.825 bits per heavy atom. The molecule has 9 nitrogen and oxygen atoms in total. The predicted molar refractivity (Wildman–Crippen MR) is 204 cm³/mol. The van der Waals surface area contributed by atoms with Crippen molar-refractivity contribution in [1.82, 2.24) is 9.80 Å². The largest absolute Gasteiger partial charge is 0.497 e. The van der Waals surface area contributed by atoms with Crippen molar-refractivity contribution in [3.8, 4) is 11.5 Å². The van der Waals surface area contributed by atoms with Crippen LogP contribution >= 0.6 is 31.9 Å². The van der Waals surface area contributed by atoms with E-state index in [4.69, 9.17) is 9.47 Å². The van der Waals surface area contributed by atoms with Crippen LogP contribution in [0.15, 0.2) is 93.9 Å². The maximum absolute atomic E-state index is 13.1. The number of carbonyl (C=O) groups excluding carboxylic acids is 4. The smallest absolute Gasteiger partial charge is 0.491 e.